The number of pyridine rings is 1. The number of carbonyl (C=O) groups is 1. The van der Waals surface area contributed by atoms with Gasteiger partial charge in [0.05, 0.1) is 5.52 Å². The Morgan fingerprint density at radius 1 is 1.19 bits per heavy atom. The topological polar surface area (TPSA) is 89.2 Å². The van der Waals surface area contributed by atoms with Crippen molar-refractivity contribution in [3.8, 4) is 16.9 Å². The van der Waals surface area contributed by atoms with Crippen LogP contribution in [0.5, 0.6) is 5.75 Å². The van der Waals surface area contributed by atoms with Gasteiger partial charge in [0.15, 0.2) is 5.65 Å². The first kappa shape index (κ1) is 18.7. The number of rotatable bonds is 7. The molecular formula is C20H24N4O3. The highest BCUT2D eigenvalue weighted by Gasteiger charge is 2.16. The van der Waals surface area contributed by atoms with E-state index in [0.29, 0.717) is 24.3 Å². The third-order valence-electron chi connectivity index (χ3n) is 4.51. The number of phenols is 1. The van der Waals surface area contributed by atoms with Crippen molar-refractivity contribution in [3.05, 3.63) is 47.0 Å². The molecular weight excluding hydrogens is 344 g/mol. The molecule has 0 aliphatic heterocycles. The molecule has 27 heavy (non-hydrogen) atoms. The summed E-state index contributed by atoms with van der Waals surface area (Å²) in [7, 11) is 0. The van der Waals surface area contributed by atoms with Gasteiger partial charge in [0, 0.05) is 24.8 Å². The number of imidazole rings is 1. The van der Waals surface area contributed by atoms with Crippen molar-refractivity contribution in [3.63, 3.8) is 0 Å². The Labute approximate surface area is 157 Å². The summed E-state index contributed by atoms with van der Waals surface area (Å²) in [5.74, 6) is -0.0265. The molecule has 0 saturated heterocycles. The molecule has 1 aromatic carbocycles. The predicted octanol–water partition coefficient (Wildman–Crippen LogP) is 2.51. The lowest BCUT2D eigenvalue weighted by atomic mass is 10.1. The molecule has 7 nitrogen and oxygen atoms in total. The molecule has 0 spiro atoms. The first-order chi connectivity index (χ1) is 13.0. The number of carbonyl (C=O) groups excluding carboxylic acids is 1. The largest absolute Gasteiger partial charge is 0.508 e. The van der Waals surface area contributed by atoms with Crippen LogP contribution in [0.15, 0.2) is 41.3 Å². The van der Waals surface area contributed by atoms with Crippen LogP contribution in [0.3, 0.4) is 0 Å². The van der Waals surface area contributed by atoms with Crippen molar-refractivity contribution in [2.45, 2.75) is 39.8 Å². The number of aromatic nitrogens is 3. The standard InChI is InChI=1S/C20H24N4O3/c1-3-5-9-21-18(26)13-24-19-17(23(4-2)20(24)27)11-15(12-22-19)14-7-6-8-16(25)10-14/h6-8,10-12,25H,3-5,9,13H2,1-2H3,(H,21,26). The van der Waals surface area contributed by atoms with Gasteiger partial charge in [-0.05, 0) is 37.1 Å². The van der Waals surface area contributed by atoms with Crippen molar-refractivity contribution in [2.24, 2.45) is 0 Å². The number of phenolic OH excluding ortho intramolecular Hbond substituents is 1. The monoisotopic (exact) mass is 368 g/mol. The van der Waals surface area contributed by atoms with Gasteiger partial charge >= 0.3 is 5.69 Å². The van der Waals surface area contributed by atoms with Crippen LogP contribution in [0.2, 0.25) is 0 Å². The number of amides is 1. The van der Waals surface area contributed by atoms with Gasteiger partial charge in [-0.15, -0.1) is 0 Å². The SMILES string of the molecule is CCCCNC(=O)Cn1c(=O)n(CC)c2cc(-c3cccc(O)c3)cnc21. The number of hydrogen-bond donors (Lipinski definition) is 2. The van der Waals surface area contributed by atoms with E-state index >= 15 is 0 Å². The van der Waals surface area contributed by atoms with Gasteiger partial charge in [-0.3, -0.25) is 13.9 Å². The summed E-state index contributed by atoms with van der Waals surface area (Å²) in [5, 5.41) is 12.5. The average molecular weight is 368 g/mol. The first-order valence-electron chi connectivity index (χ1n) is 9.20. The van der Waals surface area contributed by atoms with Crippen molar-refractivity contribution >= 4 is 17.1 Å². The number of hydrogen-bond acceptors (Lipinski definition) is 4. The van der Waals surface area contributed by atoms with Crippen LogP contribution in [-0.4, -0.2) is 31.7 Å². The number of benzene rings is 1. The molecule has 0 radical (unpaired) electrons. The smallest absolute Gasteiger partial charge is 0.330 e. The van der Waals surface area contributed by atoms with Gasteiger partial charge in [-0.1, -0.05) is 25.5 Å². The molecule has 3 rings (SSSR count). The van der Waals surface area contributed by atoms with Gasteiger partial charge in [-0.25, -0.2) is 9.78 Å². The molecule has 2 N–H and O–H groups in total. The van der Waals surface area contributed by atoms with E-state index < -0.39 is 0 Å². The molecule has 0 fully saturated rings. The highest BCUT2D eigenvalue weighted by Crippen LogP contribution is 2.25. The zero-order valence-electron chi connectivity index (χ0n) is 15.6. The summed E-state index contributed by atoms with van der Waals surface area (Å²) in [4.78, 5) is 29.4. The average Bonchev–Trinajstić information content (AvgIpc) is 2.92. The molecule has 2 aromatic heterocycles. The van der Waals surface area contributed by atoms with E-state index in [1.165, 1.54) is 4.57 Å². The second kappa shape index (κ2) is 8.07. The normalized spacial score (nSPS) is 11.0. The lowest BCUT2D eigenvalue weighted by Crippen LogP contribution is -2.33. The maximum atomic E-state index is 12.8. The summed E-state index contributed by atoms with van der Waals surface area (Å²) < 4.78 is 3.01. The van der Waals surface area contributed by atoms with E-state index in [4.69, 9.17) is 0 Å². The second-order valence-corrected chi connectivity index (χ2v) is 6.43. The molecule has 0 unspecified atom stereocenters. The van der Waals surface area contributed by atoms with Crippen molar-refractivity contribution < 1.29 is 9.90 Å². The number of aromatic hydroxyl groups is 1. The minimum Gasteiger partial charge on any atom is -0.508 e. The Morgan fingerprint density at radius 3 is 2.70 bits per heavy atom. The predicted molar refractivity (Wildman–Crippen MR) is 105 cm³/mol. The highest BCUT2D eigenvalue weighted by atomic mass is 16.3. The van der Waals surface area contributed by atoms with Crippen LogP contribution in [0.1, 0.15) is 26.7 Å². The Balaban J connectivity index is 2.00. The minimum atomic E-state index is -0.251. The quantitative estimate of drug-likeness (QED) is 0.627. The number of nitrogens with one attached hydrogen (secondary N) is 1. The maximum Gasteiger partial charge on any atom is 0.330 e. The number of aryl methyl sites for hydroxylation is 1. The zero-order chi connectivity index (χ0) is 19.4. The molecule has 0 aliphatic carbocycles. The second-order valence-electron chi connectivity index (χ2n) is 6.43. The lowest BCUT2D eigenvalue weighted by molar-refractivity contribution is -0.121. The van der Waals surface area contributed by atoms with E-state index in [1.807, 2.05) is 19.1 Å². The van der Waals surface area contributed by atoms with Gasteiger partial charge in [0.2, 0.25) is 5.91 Å². The molecule has 142 valence electrons. The molecule has 3 aromatic rings. The molecule has 2 heterocycles. The lowest BCUT2D eigenvalue weighted by Gasteiger charge is -2.06. The summed E-state index contributed by atoms with van der Waals surface area (Å²) in [5.41, 5.74) is 2.51. The van der Waals surface area contributed by atoms with Crippen LogP contribution < -0.4 is 11.0 Å². The summed E-state index contributed by atoms with van der Waals surface area (Å²) >= 11 is 0. The van der Waals surface area contributed by atoms with E-state index in [9.17, 15) is 14.7 Å². The minimum absolute atomic E-state index is 0.0511. The van der Waals surface area contributed by atoms with Crippen LogP contribution in [0.4, 0.5) is 0 Å². The molecule has 7 heteroatoms. The van der Waals surface area contributed by atoms with Crippen molar-refractivity contribution in [1.29, 1.82) is 0 Å². The van der Waals surface area contributed by atoms with E-state index in [2.05, 4.69) is 17.2 Å². The van der Waals surface area contributed by atoms with Crippen LogP contribution in [0, 0.1) is 0 Å². The van der Waals surface area contributed by atoms with Crippen molar-refractivity contribution in [1.82, 2.24) is 19.4 Å². The fourth-order valence-corrected chi connectivity index (χ4v) is 3.09. The maximum absolute atomic E-state index is 12.8. The fourth-order valence-electron chi connectivity index (χ4n) is 3.09. The van der Waals surface area contributed by atoms with Crippen LogP contribution in [0.25, 0.3) is 22.3 Å². The molecule has 0 aliphatic rings. The Bertz CT molecular complexity index is 1020. The van der Waals surface area contributed by atoms with Gasteiger partial charge in [-0.2, -0.15) is 0 Å². The Morgan fingerprint density at radius 2 is 2.00 bits per heavy atom. The molecule has 1 amide bonds. The Hall–Kier alpha value is -3.09. The molecule has 0 bridgehead atoms. The molecule has 0 saturated carbocycles. The first-order valence-corrected chi connectivity index (χ1v) is 9.20. The number of nitrogens with zero attached hydrogens (tertiary/aromatic N) is 3. The summed E-state index contributed by atoms with van der Waals surface area (Å²) in [6.45, 7) is 4.97. The van der Waals surface area contributed by atoms with Crippen LogP contribution in [-0.2, 0) is 17.9 Å². The van der Waals surface area contributed by atoms with E-state index in [0.717, 1.165) is 24.0 Å². The number of fused-ring (bicyclic) bond motifs is 1. The molecule has 0 atom stereocenters. The third-order valence-corrected chi connectivity index (χ3v) is 4.51. The summed E-state index contributed by atoms with van der Waals surface area (Å²) in [6.07, 6.45) is 3.56. The summed E-state index contributed by atoms with van der Waals surface area (Å²) in [6, 6.07) is 8.75. The zero-order valence-corrected chi connectivity index (χ0v) is 15.6. The Kier molecular flexibility index (Phi) is 5.59. The highest BCUT2D eigenvalue weighted by molar-refractivity contribution is 5.82. The van der Waals surface area contributed by atoms with Crippen LogP contribution >= 0.6 is 0 Å². The van der Waals surface area contributed by atoms with Crippen molar-refractivity contribution in [2.75, 3.05) is 6.54 Å². The van der Waals surface area contributed by atoms with Gasteiger partial charge < -0.3 is 10.4 Å². The fraction of sp³-hybridized carbons (Fsp3) is 0.350. The van der Waals surface area contributed by atoms with Gasteiger partial charge in [0.25, 0.3) is 0 Å². The number of unbranched alkanes of at least 4 members (excludes halogenated alkanes) is 1. The van der Waals surface area contributed by atoms with E-state index in [1.54, 1.807) is 29.0 Å². The van der Waals surface area contributed by atoms with E-state index in [-0.39, 0.29) is 23.9 Å². The van der Waals surface area contributed by atoms with Gasteiger partial charge in [0.1, 0.15) is 12.3 Å². The third kappa shape index (κ3) is 3.86.